The van der Waals surface area contributed by atoms with E-state index >= 15 is 0 Å². The second-order valence-electron chi connectivity index (χ2n) is 11.6. The van der Waals surface area contributed by atoms with Crippen molar-refractivity contribution in [2.45, 2.75) is 58.7 Å². The molecule has 0 spiro atoms. The van der Waals surface area contributed by atoms with Gasteiger partial charge in [0.1, 0.15) is 22.6 Å². The summed E-state index contributed by atoms with van der Waals surface area (Å²) >= 11 is 0. The third-order valence-electron chi connectivity index (χ3n) is 7.40. The van der Waals surface area contributed by atoms with Gasteiger partial charge in [0.15, 0.2) is 17.3 Å². The molecule has 2 aromatic heterocycles. The molecule has 0 radical (unpaired) electrons. The molecule has 234 valence electrons. The molecule has 2 N–H and O–H groups in total. The summed E-state index contributed by atoms with van der Waals surface area (Å²) in [6, 6.07) is 7.50. The van der Waals surface area contributed by atoms with Crippen LogP contribution in [0.5, 0.6) is 0 Å². The van der Waals surface area contributed by atoms with Crippen molar-refractivity contribution in [3.8, 4) is 0 Å². The van der Waals surface area contributed by atoms with E-state index in [1.807, 2.05) is 6.92 Å². The lowest BCUT2D eigenvalue weighted by atomic mass is 9.97. The molecule has 0 saturated heterocycles. The van der Waals surface area contributed by atoms with Crippen LogP contribution in [-0.2, 0) is 22.4 Å². The molecule has 1 atom stereocenters. The molecular formula is C32H31F2N5O6. The van der Waals surface area contributed by atoms with Gasteiger partial charge in [0, 0.05) is 12.6 Å². The van der Waals surface area contributed by atoms with Gasteiger partial charge >= 0.3 is 11.9 Å². The van der Waals surface area contributed by atoms with E-state index in [9.17, 15) is 28.0 Å². The first-order valence-corrected chi connectivity index (χ1v) is 14.1. The minimum atomic E-state index is -1.06. The fraction of sp³-hybridized carbons (Fsp3) is 0.312. The molecule has 11 nitrogen and oxygen atoms in total. The topological polar surface area (TPSA) is 141 Å². The number of ether oxygens (including phenoxy) is 2. The van der Waals surface area contributed by atoms with Crippen LogP contribution in [0.3, 0.4) is 0 Å². The molecule has 0 saturated carbocycles. The molecule has 0 aliphatic heterocycles. The standard InChI is InChI=1S/C32H31F2N5O6/c1-16-18-9-11-24(20(18)8-7-19(16)31(43)45-32(2,3)4)38-29(41)26-13-25(37-27-21(30(42)44-5)15-36-39(26)27)28(40)35-14-17-6-10-22(33)23(34)12-17/h6-8,10,12-13,15,24H,9,11,14H2,1-5H3,(H,35,40)(H,38,41). The number of amides is 2. The molecule has 0 bridgehead atoms. The van der Waals surface area contributed by atoms with E-state index in [-0.39, 0.29) is 29.1 Å². The third kappa shape index (κ3) is 6.37. The molecule has 5 rings (SSSR count). The zero-order chi connectivity index (χ0) is 32.6. The van der Waals surface area contributed by atoms with Crippen molar-refractivity contribution in [1.82, 2.24) is 25.2 Å². The molecule has 4 aromatic rings. The van der Waals surface area contributed by atoms with Crippen LogP contribution in [0.2, 0.25) is 0 Å². The summed E-state index contributed by atoms with van der Waals surface area (Å²) in [5.41, 5.74) is 2.21. The lowest BCUT2D eigenvalue weighted by Gasteiger charge is -2.21. The van der Waals surface area contributed by atoms with Crippen molar-refractivity contribution < 1.29 is 37.4 Å². The van der Waals surface area contributed by atoms with Gasteiger partial charge in [0.25, 0.3) is 11.8 Å². The van der Waals surface area contributed by atoms with Crippen LogP contribution in [0.1, 0.15) is 97.2 Å². The largest absolute Gasteiger partial charge is 0.465 e. The van der Waals surface area contributed by atoms with E-state index < -0.39 is 47.0 Å². The van der Waals surface area contributed by atoms with E-state index in [2.05, 4.69) is 20.7 Å². The van der Waals surface area contributed by atoms with Crippen molar-refractivity contribution in [1.29, 1.82) is 0 Å². The molecule has 2 aromatic carbocycles. The van der Waals surface area contributed by atoms with E-state index in [0.29, 0.717) is 24.0 Å². The van der Waals surface area contributed by atoms with Gasteiger partial charge < -0.3 is 20.1 Å². The number of fused-ring (bicyclic) bond motifs is 2. The number of rotatable bonds is 7. The normalized spacial score (nSPS) is 14.2. The summed E-state index contributed by atoms with van der Waals surface area (Å²) < 4.78 is 38.4. The van der Waals surface area contributed by atoms with E-state index in [4.69, 9.17) is 9.47 Å². The average Bonchev–Trinajstić information content (AvgIpc) is 3.60. The van der Waals surface area contributed by atoms with E-state index in [1.165, 1.54) is 25.4 Å². The molecule has 1 aliphatic carbocycles. The predicted octanol–water partition coefficient (Wildman–Crippen LogP) is 4.41. The highest BCUT2D eigenvalue weighted by molar-refractivity contribution is 6.01. The van der Waals surface area contributed by atoms with Crippen LogP contribution in [0.4, 0.5) is 8.78 Å². The number of benzene rings is 2. The number of nitrogens with zero attached hydrogens (tertiary/aromatic N) is 3. The molecule has 1 aliphatic rings. The molecule has 45 heavy (non-hydrogen) atoms. The highest BCUT2D eigenvalue weighted by atomic mass is 19.2. The maximum absolute atomic E-state index is 13.7. The van der Waals surface area contributed by atoms with Crippen LogP contribution in [0.25, 0.3) is 5.65 Å². The Labute approximate surface area is 256 Å². The lowest BCUT2D eigenvalue weighted by molar-refractivity contribution is 0.00681. The average molecular weight is 620 g/mol. The van der Waals surface area contributed by atoms with Crippen LogP contribution in [0.15, 0.2) is 42.6 Å². The summed E-state index contributed by atoms with van der Waals surface area (Å²) in [5, 5.41) is 9.69. The highest BCUT2D eigenvalue weighted by Crippen LogP contribution is 2.35. The van der Waals surface area contributed by atoms with Gasteiger partial charge in [-0.3, -0.25) is 9.59 Å². The first kappa shape index (κ1) is 31.2. The smallest absolute Gasteiger partial charge is 0.343 e. The number of hydrogen-bond acceptors (Lipinski definition) is 8. The number of aromatic nitrogens is 3. The number of esters is 2. The number of halogens is 2. The molecule has 0 fully saturated rings. The number of hydrogen-bond donors (Lipinski definition) is 2. The first-order chi connectivity index (χ1) is 21.3. The van der Waals surface area contributed by atoms with Gasteiger partial charge in [-0.05, 0) is 81.0 Å². The Kier molecular flexibility index (Phi) is 8.37. The number of nitrogens with one attached hydrogen (secondary N) is 2. The van der Waals surface area contributed by atoms with Crippen molar-refractivity contribution in [2.24, 2.45) is 0 Å². The van der Waals surface area contributed by atoms with Crippen molar-refractivity contribution in [3.63, 3.8) is 0 Å². The van der Waals surface area contributed by atoms with Crippen LogP contribution < -0.4 is 10.6 Å². The zero-order valence-corrected chi connectivity index (χ0v) is 25.3. The highest BCUT2D eigenvalue weighted by Gasteiger charge is 2.30. The van der Waals surface area contributed by atoms with Crippen molar-refractivity contribution in [3.05, 3.63) is 99.0 Å². The Hall–Kier alpha value is -5.20. The zero-order valence-electron chi connectivity index (χ0n) is 25.3. The Balaban J connectivity index is 1.43. The maximum atomic E-state index is 13.7. The first-order valence-electron chi connectivity index (χ1n) is 14.1. The molecular weight excluding hydrogens is 588 g/mol. The number of carbonyl (C=O) groups excluding carboxylic acids is 4. The van der Waals surface area contributed by atoms with Crippen molar-refractivity contribution >= 4 is 29.4 Å². The van der Waals surface area contributed by atoms with Crippen LogP contribution in [0, 0.1) is 18.6 Å². The van der Waals surface area contributed by atoms with Gasteiger partial charge in [-0.25, -0.2) is 27.9 Å². The minimum Gasteiger partial charge on any atom is -0.465 e. The third-order valence-corrected chi connectivity index (χ3v) is 7.40. The van der Waals surface area contributed by atoms with Gasteiger partial charge in [-0.15, -0.1) is 0 Å². The lowest BCUT2D eigenvalue weighted by Crippen LogP contribution is -2.31. The molecule has 1 unspecified atom stereocenters. The Morgan fingerprint density at radius 3 is 2.44 bits per heavy atom. The monoisotopic (exact) mass is 619 g/mol. The molecule has 2 amide bonds. The Morgan fingerprint density at radius 1 is 1.00 bits per heavy atom. The molecule has 13 heteroatoms. The fourth-order valence-corrected chi connectivity index (χ4v) is 5.23. The van der Waals surface area contributed by atoms with Gasteiger partial charge in [0.05, 0.1) is 24.9 Å². The summed E-state index contributed by atoms with van der Waals surface area (Å²) in [6.45, 7) is 7.08. The van der Waals surface area contributed by atoms with Crippen LogP contribution >= 0.6 is 0 Å². The Morgan fingerprint density at radius 2 is 1.76 bits per heavy atom. The van der Waals surface area contributed by atoms with E-state index in [1.54, 1.807) is 32.9 Å². The number of methoxy groups -OCH3 is 1. The molecule has 2 heterocycles. The Bertz CT molecular complexity index is 1860. The summed E-state index contributed by atoms with van der Waals surface area (Å²) in [4.78, 5) is 56.3. The quantitative estimate of drug-likeness (QED) is 0.290. The summed E-state index contributed by atoms with van der Waals surface area (Å²) in [6.07, 6.45) is 2.35. The second kappa shape index (κ2) is 12.1. The number of carbonyl (C=O) groups is 4. The van der Waals surface area contributed by atoms with Gasteiger partial charge in [0.2, 0.25) is 0 Å². The SMILES string of the molecule is COC(=O)c1cnn2c(C(=O)NC3CCc4c3ccc(C(=O)OC(C)(C)C)c4C)cc(C(=O)NCc3ccc(F)c(F)c3)nc12. The summed E-state index contributed by atoms with van der Waals surface area (Å²) in [5.74, 6) is -4.61. The maximum Gasteiger partial charge on any atom is 0.343 e. The predicted molar refractivity (Wildman–Crippen MR) is 157 cm³/mol. The van der Waals surface area contributed by atoms with Gasteiger partial charge in [-0.1, -0.05) is 12.1 Å². The van der Waals surface area contributed by atoms with Gasteiger partial charge in [-0.2, -0.15) is 5.10 Å². The fourth-order valence-electron chi connectivity index (χ4n) is 5.23. The second-order valence-corrected chi connectivity index (χ2v) is 11.6. The van der Waals surface area contributed by atoms with Crippen molar-refractivity contribution in [2.75, 3.05) is 7.11 Å². The summed E-state index contributed by atoms with van der Waals surface area (Å²) in [7, 11) is 1.17. The van der Waals surface area contributed by atoms with E-state index in [0.717, 1.165) is 33.3 Å². The minimum absolute atomic E-state index is 0.0710. The van der Waals surface area contributed by atoms with Crippen LogP contribution in [-0.4, -0.2) is 51.1 Å².